The first-order valence-corrected chi connectivity index (χ1v) is 21.5. The number of aromatic nitrogens is 1. The molecule has 0 saturated heterocycles. The fourth-order valence-corrected chi connectivity index (χ4v) is 7.94. The quantitative estimate of drug-likeness (QED) is 0.0555. The van der Waals surface area contributed by atoms with Crippen LogP contribution in [0.2, 0.25) is 0 Å². The van der Waals surface area contributed by atoms with Gasteiger partial charge in [-0.05, 0) is 123 Å². The van der Waals surface area contributed by atoms with Gasteiger partial charge in [-0.25, -0.2) is 4.99 Å². The molecule has 0 unspecified atom stereocenters. The summed E-state index contributed by atoms with van der Waals surface area (Å²) in [5.74, 6) is 10.5. The lowest BCUT2D eigenvalue weighted by Gasteiger charge is -2.17. The molecule has 0 radical (unpaired) electrons. The summed E-state index contributed by atoms with van der Waals surface area (Å²) in [6.45, 7) is 2.33. The van der Waals surface area contributed by atoms with Gasteiger partial charge >= 0.3 is 7.40 Å². The van der Waals surface area contributed by atoms with Crippen molar-refractivity contribution < 1.29 is 23.0 Å². The number of fused-ring (bicyclic) bond motifs is 2. The number of rotatable bonds is 17. The third kappa shape index (κ3) is 11.3. The Labute approximate surface area is 366 Å². The molecule has 2 aliphatic rings. The number of unbranched alkanes of at least 4 members (excludes halogenated alkanes) is 3. The SMILES string of the molecule is C#CCN(C)CC1=Cc2ccccc2Oc2cc(C#CCCCC(=O)NCCCCCNC(=O)c3ccc(C4=N/C(=C\c5ccc(-c6cccs6)n5B(F)F)C=C4)cc3)ccc21. The van der Waals surface area contributed by atoms with Gasteiger partial charge in [0.1, 0.15) is 11.5 Å². The molecule has 2 N–H and O–H groups in total. The van der Waals surface area contributed by atoms with Crippen LogP contribution in [0.15, 0.2) is 119 Å². The molecule has 0 bridgehead atoms. The molecule has 312 valence electrons. The molecule has 12 heteroatoms. The minimum Gasteiger partial charge on any atom is -0.456 e. The van der Waals surface area contributed by atoms with Crippen molar-refractivity contribution in [3.8, 4) is 46.3 Å². The van der Waals surface area contributed by atoms with Gasteiger partial charge in [-0.15, -0.1) is 17.8 Å². The highest BCUT2D eigenvalue weighted by Gasteiger charge is 2.24. The first kappa shape index (κ1) is 43.4. The van der Waals surface area contributed by atoms with Crippen molar-refractivity contribution in [1.29, 1.82) is 0 Å². The van der Waals surface area contributed by atoms with E-state index in [9.17, 15) is 18.2 Å². The fraction of sp³-hybridized carbons (Fsp3) is 0.220. The molecule has 0 saturated carbocycles. The van der Waals surface area contributed by atoms with Crippen LogP contribution in [-0.2, 0) is 4.79 Å². The Balaban J connectivity index is 0.784. The summed E-state index contributed by atoms with van der Waals surface area (Å²) in [4.78, 5) is 32.7. The molecule has 2 aliphatic heterocycles. The first-order valence-electron chi connectivity index (χ1n) is 20.7. The Morgan fingerprint density at radius 3 is 2.55 bits per heavy atom. The van der Waals surface area contributed by atoms with Crippen LogP contribution in [0.5, 0.6) is 11.5 Å². The minimum absolute atomic E-state index is 0.00591. The van der Waals surface area contributed by atoms with E-state index in [0.717, 1.165) is 67.9 Å². The Bertz CT molecular complexity index is 2630. The molecular weight excluding hydrogens is 799 g/mol. The third-order valence-corrected chi connectivity index (χ3v) is 11.2. The molecule has 62 heavy (non-hydrogen) atoms. The van der Waals surface area contributed by atoms with E-state index >= 15 is 0 Å². The normalized spacial score (nSPS) is 13.2. The van der Waals surface area contributed by atoms with Gasteiger partial charge in [-0.1, -0.05) is 54.2 Å². The second-order valence-corrected chi connectivity index (χ2v) is 15.9. The predicted octanol–water partition coefficient (Wildman–Crippen LogP) is 9.84. The molecule has 3 aromatic carbocycles. The maximum atomic E-state index is 14.0. The van der Waals surface area contributed by atoms with Gasteiger partial charge in [0.05, 0.1) is 23.6 Å². The molecule has 0 spiro atoms. The van der Waals surface area contributed by atoms with Gasteiger partial charge in [-0.2, -0.15) is 0 Å². The van der Waals surface area contributed by atoms with Crippen molar-refractivity contribution in [2.75, 3.05) is 33.2 Å². The Kier molecular flexibility index (Phi) is 14.8. The van der Waals surface area contributed by atoms with E-state index < -0.39 is 7.40 Å². The van der Waals surface area contributed by atoms with Crippen molar-refractivity contribution in [3.63, 3.8) is 0 Å². The molecule has 5 aromatic rings. The van der Waals surface area contributed by atoms with Crippen LogP contribution >= 0.6 is 11.3 Å². The number of allylic oxidation sites excluding steroid dienone is 2. The summed E-state index contributed by atoms with van der Waals surface area (Å²) in [5.41, 5.74) is 7.42. The predicted molar refractivity (Wildman–Crippen MR) is 248 cm³/mol. The second-order valence-electron chi connectivity index (χ2n) is 15.0. The lowest BCUT2D eigenvalue weighted by atomic mass is 10.0. The summed E-state index contributed by atoms with van der Waals surface area (Å²) < 4.78 is 35.4. The number of likely N-dealkylation sites (N-methyl/N-ethyl adjacent to an activating group) is 1. The number of carbonyl (C=O) groups excluding carboxylic acids is 2. The smallest absolute Gasteiger partial charge is 0.456 e. The number of amides is 2. The second kappa shape index (κ2) is 21.2. The Morgan fingerprint density at radius 1 is 0.935 bits per heavy atom. The minimum atomic E-state index is -2.69. The van der Waals surface area contributed by atoms with Crippen molar-refractivity contribution in [2.45, 2.75) is 38.5 Å². The number of nitrogens with zero attached hydrogens (tertiary/aromatic N) is 3. The van der Waals surface area contributed by atoms with E-state index in [0.29, 0.717) is 73.8 Å². The van der Waals surface area contributed by atoms with Crippen molar-refractivity contribution in [3.05, 3.63) is 148 Å². The molecule has 8 nitrogen and oxygen atoms in total. The van der Waals surface area contributed by atoms with E-state index in [2.05, 4.69) is 44.4 Å². The van der Waals surface area contributed by atoms with E-state index in [1.807, 2.05) is 85.2 Å². The van der Waals surface area contributed by atoms with Crippen LogP contribution in [0, 0.1) is 24.2 Å². The highest BCUT2D eigenvalue weighted by molar-refractivity contribution is 7.13. The molecule has 0 aliphatic carbocycles. The van der Waals surface area contributed by atoms with Gasteiger partial charge in [0.2, 0.25) is 5.91 Å². The van der Waals surface area contributed by atoms with E-state index in [4.69, 9.17) is 11.2 Å². The van der Waals surface area contributed by atoms with Gasteiger partial charge in [0, 0.05) is 70.9 Å². The van der Waals surface area contributed by atoms with Crippen molar-refractivity contribution >= 4 is 54.0 Å². The fourth-order valence-electron chi connectivity index (χ4n) is 7.20. The van der Waals surface area contributed by atoms with Crippen LogP contribution in [0.1, 0.15) is 76.8 Å². The number of thiophene rings is 1. The number of aliphatic imine (C=N–C) groups is 1. The van der Waals surface area contributed by atoms with Crippen LogP contribution in [0.3, 0.4) is 0 Å². The zero-order valence-electron chi connectivity index (χ0n) is 34.5. The lowest BCUT2D eigenvalue weighted by Crippen LogP contribution is -2.25. The number of hydrogen-bond acceptors (Lipinski definition) is 6. The Hall–Kier alpha value is -6.73. The number of nitrogens with one attached hydrogen (secondary N) is 2. The molecule has 2 amide bonds. The van der Waals surface area contributed by atoms with Crippen LogP contribution in [0.25, 0.3) is 28.3 Å². The zero-order valence-corrected chi connectivity index (χ0v) is 35.3. The molecule has 0 atom stereocenters. The van der Waals surface area contributed by atoms with Crippen LogP contribution in [0.4, 0.5) is 8.63 Å². The number of carbonyl (C=O) groups is 2. The zero-order chi connectivity index (χ0) is 43.3. The van der Waals surface area contributed by atoms with Crippen LogP contribution in [-0.4, -0.2) is 67.5 Å². The topological polar surface area (TPSA) is 88.0 Å². The summed E-state index contributed by atoms with van der Waals surface area (Å²) in [5, 5.41) is 7.81. The van der Waals surface area contributed by atoms with Gasteiger partial charge in [0.15, 0.2) is 0 Å². The summed E-state index contributed by atoms with van der Waals surface area (Å²) in [6.07, 6.45) is 17.1. The maximum absolute atomic E-state index is 14.0. The highest BCUT2D eigenvalue weighted by atomic mass is 32.1. The molecule has 2 aromatic heterocycles. The molecule has 4 heterocycles. The lowest BCUT2D eigenvalue weighted by molar-refractivity contribution is -0.121. The largest absolute Gasteiger partial charge is 0.678 e. The van der Waals surface area contributed by atoms with Gasteiger partial charge in [-0.3, -0.25) is 23.1 Å². The van der Waals surface area contributed by atoms with E-state index in [-0.39, 0.29) is 11.8 Å². The van der Waals surface area contributed by atoms with Crippen LogP contribution < -0.4 is 15.4 Å². The third-order valence-electron chi connectivity index (χ3n) is 10.3. The summed E-state index contributed by atoms with van der Waals surface area (Å²) in [6, 6.07) is 28.2. The van der Waals surface area contributed by atoms with Gasteiger partial charge in [0.25, 0.3) is 5.91 Å². The number of hydrogen-bond donors (Lipinski definition) is 2. The Morgan fingerprint density at radius 2 is 1.76 bits per heavy atom. The number of benzene rings is 3. The molecular formula is C50H46BF2N5O3S. The number of para-hydroxylation sites is 1. The monoisotopic (exact) mass is 845 g/mol. The first-order chi connectivity index (χ1) is 30.2. The van der Waals surface area contributed by atoms with Crippen molar-refractivity contribution in [1.82, 2.24) is 20.0 Å². The maximum Gasteiger partial charge on any atom is 0.678 e. The standard InChI is InChI=1S/C50H46BF2N5O3S/c1-3-30-57(2)35-40-33-39-14-8-9-15-46(39)61-47-32-36(18-25-43(40)47)13-6-4-7-17-49(59)54-28-10-5-11-29-55-50(60)38-21-19-37(20-22-38)44-26-23-41(56-44)34-42-24-27-45(58(42)51(52)53)48-16-12-31-62-48/h1,8-9,12,14-16,18-27,31-34H,4-5,7,10-11,17,28-30,35H2,2H3,(H,54,59)(H,55,60)/b41-34-. The highest BCUT2D eigenvalue weighted by Crippen LogP contribution is 2.39. The van der Waals surface area contributed by atoms with Crippen molar-refractivity contribution in [2.24, 2.45) is 4.99 Å². The molecule has 0 fully saturated rings. The summed E-state index contributed by atoms with van der Waals surface area (Å²) >= 11 is 1.41. The summed E-state index contributed by atoms with van der Waals surface area (Å²) in [7, 11) is -0.690. The average Bonchev–Trinajstić information content (AvgIpc) is 4.05. The number of halogens is 2. The number of terminal acetylenes is 1. The van der Waals surface area contributed by atoms with Gasteiger partial charge < -0.3 is 19.8 Å². The molecule has 7 rings (SSSR count). The van der Waals surface area contributed by atoms with E-state index in [1.54, 1.807) is 36.4 Å². The number of ether oxygens (including phenoxy) is 1. The average molecular weight is 846 g/mol. The van der Waals surface area contributed by atoms with E-state index in [1.165, 1.54) is 11.3 Å².